The Morgan fingerprint density at radius 3 is 2.76 bits per heavy atom. The number of carbonyl (C=O) groups is 1. The molecule has 2 heterocycles. The molecule has 152 valence electrons. The first kappa shape index (κ1) is 20.0. The van der Waals surface area contributed by atoms with Crippen LogP contribution in [-0.4, -0.2) is 49.4 Å². The summed E-state index contributed by atoms with van der Waals surface area (Å²) in [6.45, 7) is 1.99. The van der Waals surface area contributed by atoms with Crippen LogP contribution in [0.4, 0.5) is 5.69 Å². The SMILES string of the molecule is COc1ccccc1CC(=O)N=C1S[C@H]2CS(=O)(=O)C[C@@H]2N1c1cccc(C)c1. The van der Waals surface area contributed by atoms with Crippen molar-refractivity contribution < 1.29 is 17.9 Å². The number of hydrogen-bond donors (Lipinski definition) is 0. The summed E-state index contributed by atoms with van der Waals surface area (Å²) in [4.78, 5) is 19.0. The maximum absolute atomic E-state index is 12.7. The van der Waals surface area contributed by atoms with E-state index in [-0.39, 0.29) is 35.1 Å². The molecule has 2 aromatic rings. The minimum absolute atomic E-state index is 0.0817. The number of nitrogens with zero attached hydrogens (tertiary/aromatic N) is 2. The average Bonchev–Trinajstić information content (AvgIpc) is 3.12. The van der Waals surface area contributed by atoms with Crippen molar-refractivity contribution >= 4 is 38.4 Å². The van der Waals surface area contributed by atoms with Crippen LogP contribution in [0.15, 0.2) is 53.5 Å². The average molecular weight is 431 g/mol. The predicted molar refractivity (Wildman–Crippen MR) is 117 cm³/mol. The molecule has 0 bridgehead atoms. The van der Waals surface area contributed by atoms with Crippen LogP contribution >= 0.6 is 11.8 Å². The van der Waals surface area contributed by atoms with Gasteiger partial charge in [-0.15, -0.1) is 0 Å². The van der Waals surface area contributed by atoms with E-state index in [1.165, 1.54) is 11.8 Å². The summed E-state index contributed by atoms with van der Waals surface area (Å²) in [6, 6.07) is 15.0. The number of anilines is 1. The van der Waals surface area contributed by atoms with Gasteiger partial charge >= 0.3 is 0 Å². The molecule has 2 saturated heterocycles. The highest BCUT2D eigenvalue weighted by atomic mass is 32.2. The molecule has 2 aliphatic rings. The lowest BCUT2D eigenvalue weighted by Gasteiger charge is -2.24. The van der Waals surface area contributed by atoms with Crippen molar-refractivity contribution in [1.29, 1.82) is 0 Å². The predicted octanol–water partition coefficient (Wildman–Crippen LogP) is 2.85. The molecule has 4 rings (SSSR count). The van der Waals surface area contributed by atoms with E-state index in [2.05, 4.69) is 4.99 Å². The second-order valence-electron chi connectivity index (χ2n) is 7.29. The Hall–Kier alpha value is -2.32. The molecule has 8 heteroatoms. The second-order valence-corrected chi connectivity index (χ2v) is 10.6. The van der Waals surface area contributed by atoms with E-state index < -0.39 is 9.84 Å². The van der Waals surface area contributed by atoms with Gasteiger partial charge in [-0.2, -0.15) is 4.99 Å². The molecule has 0 unspecified atom stereocenters. The van der Waals surface area contributed by atoms with Crippen molar-refractivity contribution in [2.75, 3.05) is 23.5 Å². The molecule has 1 amide bonds. The number of aryl methyl sites for hydroxylation is 1. The highest BCUT2D eigenvalue weighted by molar-refractivity contribution is 8.16. The number of amides is 1. The highest BCUT2D eigenvalue weighted by Gasteiger charge is 2.49. The molecule has 0 aromatic heterocycles. The lowest BCUT2D eigenvalue weighted by atomic mass is 10.1. The number of aliphatic imine (C=N–C) groups is 1. The topological polar surface area (TPSA) is 76.0 Å². The molecule has 2 aromatic carbocycles. The van der Waals surface area contributed by atoms with Crippen molar-refractivity contribution in [3.8, 4) is 5.75 Å². The maximum Gasteiger partial charge on any atom is 0.252 e. The normalized spacial score (nSPS) is 23.9. The molecule has 0 N–H and O–H groups in total. The van der Waals surface area contributed by atoms with Gasteiger partial charge in [0.25, 0.3) is 5.91 Å². The summed E-state index contributed by atoms with van der Waals surface area (Å²) in [7, 11) is -1.51. The first-order chi connectivity index (χ1) is 13.9. The minimum atomic E-state index is -3.08. The van der Waals surface area contributed by atoms with Gasteiger partial charge in [0.2, 0.25) is 0 Å². The fourth-order valence-corrected chi connectivity index (χ4v) is 7.73. The van der Waals surface area contributed by atoms with E-state index >= 15 is 0 Å². The molecule has 0 saturated carbocycles. The number of ether oxygens (including phenoxy) is 1. The molecular weight excluding hydrogens is 408 g/mol. The van der Waals surface area contributed by atoms with Crippen LogP contribution in [-0.2, 0) is 21.1 Å². The van der Waals surface area contributed by atoms with Crippen molar-refractivity contribution in [2.45, 2.75) is 24.6 Å². The minimum Gasteiger partial charge on any atom is -0.496 e. The van der Waals surface area contributed by atoms with E-state index in [0.29, 0.717) is 10.9 Å². The molecule has 2 aliphatic heterocycles. The van der Waals surface area contributed by atoms with Crippen LogP contribution in [0.2, 0.25) is 0 Å². The third-order valence-corrected chi connectivity index (χ3v) is 8.31. The molecule has 29 heavy (non-hydrogen) atoms. The number of sulfone groups is 1. The van der Waals surface area contributed by atoms with Crippen molar-refractivity contribution in [3.63, 3.8) is 0 Å². The maximum atomic E-state index is 12.7. The molecular formula is C21H22N2O4S2. The fourth-order valence-electron chi connectivity index (χ4n) is 3.80. The standard InChI is InChI=1S/C21H22N2O4S2/c1-14-6-5-8-16(10-14)23-17-12-29(25,26)13-19(17)28-21(23)22-20(24)11-15-7-3-4-9-18(15)27-2/h3-10,17,19H,11-13H2,1-2H3/t17-,19-/m0/s1. The Labute approximate surface area is 174 Å². The number of fused-ring (bicyclic) bond motifs is 1. The monoisotopic (exact) mass is 430 g/mol. The number of benzene rings is 2. The van der Waals surface area contributed by atoms with Gasteiger partial charge in [0, 0.05) is 16.5 Å². The van der Waals surface area contributed by atoms with Gasteiger partial charge in [0.1, 0.15) is 5.75 Å². The van der Waals surface area contributed by atoms with Crippen LogP contribution in [0.25, 0.3) is 0 Å². The zero-order valence-electron chi connectivity index (χ0n) is 16.2. The molecule has 0 spiro atoms. The third-order valence-electron chi connectivity index (χ3n) is 5.10. The van der Waals surface area contributed by atoms with E-state index in [1.54, 1.807) is 7.11 Å². The van der Waals surface area contributed by atoms with Gasteiger partial charge in [-0.1, -0.05) is 42.1 Å². The molecule has 0 aliphatic carbocycles. The fraction of sp³-hybridized carbons (Fsp3) is 0.333. The summed E-state index contributed by atoms with van der Waals surface area (Å²) in [5, 5.41) is 0.457. The summed E-state index contributed by atoms with van der Waals surface area (Å²) in [5.41, 5.74) is 2.71. The zero-order valence-corrected chi connectivity index (χ0v) is 17.9. The molecule has 2 atom stereocenters. The number of para-hydroxylation sites is 1. The summed E-state index contributed by atoms with van der Waals surface area (Å²) in [5.74, 6) is 0.569. The van der Waals surface area contributed by atoms with Crippen LogP contribution in [0, 0.1) is 6.92 Å². The van der Waals surface area contributed by atoms with Gasteiger partial charge in [-0.25, -0.2) is 8.42 Å². The number of amidine groups is 1. The van der Waals surface area contributed by atoms with E-state index in [1.807, 2.05) is 60.4 Å². The van der Waals surface area contributed by atoms with Gasteiger partial charge < -0.3 is 9.64 Å². The summed E-state index contributed by atoms with van der Waals surface area (Å²) in [6.07, 6.45) is 0.128. The smallest absolute Gasteiger partial charge is 0.252 e. The van der Waals surface area contributed by atoms with E-state index in [4.69, 9.17) is 4.74 Å². The quantitative estimate of drug-likeness (QED) is 0.743. The Morgan fingerprint density at radius 1 is 1.21 bits per heavy atom. The number of rotatable bonds is 4. The number of thioether (sulfide) groups is 1. The van der Waals surface area contributed by atoms with Crippen LogP contribution < -0.4 is 9.64 Å². The molecule has 2 fully saturated rings. The highest BCUT2D eigenvalue weighted by Crippen LogP contribution is 2.41. The number of methoxy groups -OCH3 is 1. The van der Waals surface area contributed by atoms with Crippen LogP contribution in [0.1, 0.15) is 11.1 Å². The Morgan fingerprint density at radius 2 is 2.00 bits per heavy atom. The van der Waals surface area contributed by atoms with Crippen molar-refractivity contribution in [1.82, 2.24) is 0 Å². The first-order valence-electron chi connectivity index (χ1n) is 9.33. The molecule has 0 radical (unpaired) electrons. The Kier molecular flexibility index (Phi) is 5.40. The van der Waals surface area contributed by atoms with Crippen LogP contribution in [0.5, 0.6) is 5.75 Å². The van der Waals surface area contributed by atoms with E-state index in [9.17, 15) is 13.2 Å². The second kappa shape index (κ2) is 7.84. The van der Waals surface area contributed by atoms with Crippen molar-refractivity contribution in [3.05, 3.63) is 59.7 Å². The summed E-state index contributed by atoms with van der Waals surface area (Å²) < 4.78 is 29.7. The lowest BCUT2D eigenvalue weighted by Crippen LogP contribution is -2.37. The number of carbonyl (C=O) groups excluding carboxylic acids is 1. The third kappa shape index (κ3) is 4.18. The summed E-state index contributed by atoms with van der Waals surface area (Å²) >= 11 is 1.39. The Bertz CT molecular complexity index is 1080. The van der Waals surface area contributed by atoms with Crippen LogP contribution in [0.3, 0.4) is 0 Å². The van der Waals surface area contributed by atoms with Gasteiger partial charge in [-0.05, 0) is 30.7 Å². The Balaban J connectivity index is 1.65. The number of hydrogen-bond acceptors (Lipinski definition) is 5. The first-order valence-corrected chi connectivity index (χ1v) is 12.0. The van der Waals surface area contributed by atoms with E-state index in [0.717, 1.165) is 16.8 Å². The molecule has 6 nitrogen and oxygen atoms in total. The van der Waals surface area contributed by atoms with Crippen molar-refractivity contribution in [2.24, 2.45) is 4.99 Å². The zero-order chi connectivity index (χ0) is 20.6. The van der Waals surface area contributed by atoms with Gasteiger partial charge in [0.15, 0.2) is 15.0 Å². The van der Waals surface area contributed by atoms with Gasteiger partial charge in [-0.3, -0.25) is 4.79 Å². The largest absolute Gasteiger partial charge is 0.496 e. The van der Waals surface area contributed by atoms with Gasteiger partial charge in [0.05, 0.1) is 31.1 Å². The lowest BCUT2D eigenvalue weighted by molar-refractivity contribution is -0.117.